The quantitative estimate of drug-likeness (QED) is 0.901. The topological polar surface area (TPSA) is 75.1 Å². The van der Waals surface area contributed by atoms with Gasteiger partial charge in [-0.15, -0.1) is 0 Å². The maximum Gasteiger partial charge on any atom is 0.354 e. The molecule has 0 bridgehead atoms. The summed E-state index contributed by atoms with van der Waals surface area (Å²) in [6.07, 6.45) is 1.70. The highest BCUT2D eigenvalue weighted by Gasteiger charge is 2.21. The highest BCUT2D eigenvalue weighted by molar-refractivity contribution is 5.88. The van der Waals surface area contributed by atoms with Crippen molar-refractivity contribution in [1.29, 1.82) is 0 Å². The van der Waals surface area contributed by atoms with Crippen molar-refractivity contribution in [3.8, 4) is 11.4 Å². The average molecular weight is 283 g/mol. The van der Waals surface area contributed by atoms with Crippen LogP contribution in [-0.4, -0.2) is 27.6 Å². The van der Waals surface area contributed by atoms with E-state index in [2.05, 4.69) is 22.2 Å². The number of aryl methyl sites for hydroxylation is 1. The van der Waals surface area contributed by atoms with Crippen molar-refractivity contribution in [2.24, 2.45) is 0 Å². The molecule has 1 aromatic carbocycles. The maximum atomic E-state index is 11.4. The molecule has 0 amide bonds. The van der Waals surface area contributed by atoms with E-state index in [1.165, 1.54) is 5.56 Å². The Bertz CT molecular complexity index is 681. The van der Waals surface area contributed by atoms with Crippen molar-refractivity contribution in [1.82, 2.24) is 15.3 Å². The molecule has 0 atom stereocenters. The number of nitrogens with one attached hydrogen (secondary N) is 1. The van der Waals surface area contributed by atoms with Gasteiger partial charge >= 0.3 is 5.97 Å². The van der Waals surface area contributed by atoms with Crippen LogP contribution in [0.15, 0.2) is 24.3 Å². The Morgan fingerprint density at radius 1 is 1.29 bits per heavy atom. The first kappa shape index (κ1) is 13.7. The van der Waals surface area contributed by atoms with Crippen molar-refractivity contribution in [2.45, 2.75) is 26.3 Å². The van der Waals surface area contributed by atoms with Crippen LogP contribution < -0.4 is 5.32 Å². The summed E-state index contributed by atoms with van der Waals surface area (Å²) in [6, 6.07) is 7.96. The lowest BCUT2D eigenvalue weighted by molar-refractivity contribution is 0.0688. The third kappa shape index (κ3) is 2.64. The molecule has 108 valence electrons. The normalized spacial score (nSPS) is 13.8. The lowest BCUT2D eigenvalue weighted by Gasteiger charge is -2.18. The summed E-state index contributed by atoms with van der Waals surface area (Å²) in [6.45, 7) is 3.43. The molecule has 2 N–H and O–H groups in total. The van der Waals surface area contributed by atoms with E-state index in [0.717, 1.165) is 30.6 Å². The standard InChI is InChI=1S/C16H17N3O2/c1-2-10-3-5-11(6-4-10)15-18-13-7-8-17-9-12(13)14(19-15)16(20)21/h3-6,17H,2,7-9H2,1H3,(H,20,21). The summed E-state index contributed by atoms with van der Waals surface area (Å²) in [5, 5.41) is 12.5. The number of fused-ring (bicyclic) bond motifs is 1. The molecule has 2 aromatic rings. The second-order valence-electron chi connectivity index (χ2n) is 5.10. The van der Waals surface area contributed by atoms with Crippen LogP contribution in [-0.2, 0) is 19.4 Å². The molecule has 0 unspecified atom stereocenters. The zero-order chi connectivity index (χ0) is 14.8. The highest BCUT2D eigenvalue weighted by Crippen LogP contribution is 2.22. The van der Waals surface area contributed by atoms with Gasteiger partial charge in [0.1, 0.15) is 0 Å². The minimum Gasteiger partial charge on any atom is -0.476 e. The SMILES string of the molecule is CCc1ccc(-c2nc3c(c(C(=O)O)n2)CNCC3)cc1. The minimum absolute atomic E-state index is 0.113. The van der Waals surface area contributed by atoms with Crippen molar-refractivity contribution >= 4 is 5.97 Å². The second kappa shape index (κ2) is 5.61. The number of carbonyl (C=O) groups is 1. The van der Waals surface area contributed by atoms with Gasteiger partial charge in [-0.05, 0) is 12.0 Å². The van der Waals surface area contributed by atoms with E-state index in [1.54, 1.807) is 0 Å². The molecule has 0 radical (unpaired) electrons. The van der Waals surface area contributed by atoms with Gasteiger partial charge in [-0.3, -0.25) is 0 Å². The van der Waals surface area contributed by atoms with Gasteiger partial charge in [-0.2, -0.15) is 0 Å². The molecule has 1 aliphatic rings. The molecule has 1 aromatic heterocycles. The summed E-state index contributed by atoms with van der Waals surface area (Å²) in [5.74, 6) is -0.500. The van der Waals surface area contributed by atoms with E-state index >= 15 is 0 Å². The van der Waals surface area contributed by atoms with Gasteiger partial charge in [0.05, 0.1) is 5.69 Å². The number of hydrogen-bond donors (Lipinski definition) is 2. The molecule has 5 heteroatoms. The first-order valence-corrected chi connectivity index (χ1v) is 7.12. The molecule has 5 nitrogen and oxygen atoms in total. The Morgan fingerprint density at radius 2 is 2.05 bits per heavy atom. The van der Waals surface area contributed by atoms with Gasteiger partial charge < -0.3 is 10.4 Å². The van der Waals surface area contributed by atoms with E-state index in [9.17, 15) is 9.90 Å². The zero-order valence-corrected chi connectivity index (χ0v) is 11.9. The number of hydrogen-bond acceptors (Lipinski definition) is 4. The molecule has 0 saturated carbocycles. The molecule has 0 saturated heterocycles. The number of aromatic carboxylic acids is 1. The fourth-order valence-electron chi connectivity index (χ4n) is 2.54. The Labute approximate surface area is 123 Å². The summed E-state index contributed by atoms with van der Waals surface area (Å²) in [4.78, 5) is 20.3. The average Bonchev–Trinajstić information content (AvgIpc) is 2.53. The predicted octanol–water partition coefficient (Wildman–Crippen LogP) is 2.05. The molecule has 2 heterocycles. The summed E-state index contributed by atoms with van der Waals surface area (Å²) >= 11 is 0. The molecule has 21 heavy (non-hydrogen) atoms. The van der Waals surface area contributed by atoms with Crippen LogP contribution in [0, 0.1) is 0 Å². The van der Waals surface area contributed by atoms with Crippen LogP contribution in [0.25, 0.3) is 11.4 Å². The van der Waals surface area contributed by atoms with Crippen LogP contribution >= 0.6 is 0 Å². The third-order valence-electron chi connectivity index (χ3n) is 3.76. The second-order valence-corrected chi connectivity index (χ2v) is 5.10. The minimum atomic E-state index is -0.997. The van der Waals surface area contributed by atoms with Crippen molar-refractivity contribution in [2.75, 3.05) is 6.54 Å². The zero-order valence-electron chi connectivity index (χ0n) is 11.9. The van der Waals surface area contributed by atoms with Crippen LogP contribution in [0.2, 0.25) is 0 Å². The van der Waals surface area contributed by atoms with E-state index in [-0.39, 0.29) is 5.69 Å². The van der Waals surface area contributed by atoms with Gasteiger partial charge in [0, 0.05) is 30.6 Å². The Hall–Kier alpha value is -2.27. The molecule has 0 aliphatic carbocycles. The van der Waals surface area contributed by atoms with Gasteiger partial charge in [0.25, 0.3) is 0 Å². The molecular weight excluding hydrogens is 266 g/mol. The molecule has 0 spiro atoms. The predicted molar refractivity (Wildman–Crippen MR) is 79.2 cm³/mol. The van der Waals surface area contributed by atoms with Crippen molar-refractivity contribution in [3.05, 3.63) is 46.8 Å². The van der Waals surface area contributed by atoms with Crippen LogP contribution in [0.3, 0.4) is 0 Å². The Balaban J connectivity index is 2.09. The molecular formula is C16H17N3O2. The summed E-state index contributed by atoms with van der Waals surface area (Å²) in [5.41, 5.74) is 3.76. The van der Waals surface area contributed by atoms with Crippen LogP contribution in [0.1, 0.15) is 34.2 Å². The van der Waals surface area contributed by atoms with Gasteiger partial charge in [0.2, 0.25) is 0 Å². The number of carboxylic acid groups (broad SMARTS) is 1. The number of aromatic nitrogens is 2. The largest absolute Gasteiger partial charge is 0.476 e. The first-order valence-electron chi connectivity index (χ1n) is 7.12. The lowest BCUT2D eigenvalue weighted by Crippen LogP contribution is -2.28. The first-order chi connectivity index (χ1) is 10.2. The summed E-state index contributed by atoms with van der Waals surface area (Å²) in [7, 11) is 0. The van der Waals surface area contributed by atoms with Gasteiger partial charge in [-0.25, -0.2) is 14.8 Å². The fourth-order valence-corrected chi connectivity index (χ4v) is 2.54. The summed E-state index contributed by atoms with van der Waals surface area (Å²) < 4.78 is 0. The fraction of sp³-hybridized carbons (Fsp3) is 0.312. The van der Waals surface area contributed by atoms with E-state index in [4.69, 9.17) is 0 Å². The Morgan fingerprint density at radius 3 is 2.71 bits per heavy atom. The molecule has 1 aliphatic heterocycles. The van der Waals surface area contributed by atoms with Gasteiger partial charge in [0.15, 0.2) is 11.5 Å². The van der Waals surface area contributed by atoms with E-state index < -0.39 is 5.97 Å². The monoisotopic (exact) mass is 283 g/mol. The smallest absolute Gasteiger partial charge is 0.354 e. The lowest BCUT2D eigenvalue weighted by atomic mass is 10.0. The Kier molecular flexibility index (Phi) is 3.66. The molecule has 0 fully saturated rings. The number of rotatable bonds is 3. The van der Waals surface area contributed by atoms with E-state index in [0.29, 0.717) is 17.9 Å². The van der Waals surface area contributed by atoms with Gasteiger partial charge in [-0.1, -0.05) is 31.2 Å². The number of benzene rings is 1. The molecule has 3 rings (SSSR count). The number of nitrogens with zero attached hydrogens (tertiary/aromatic N) is 2. The maximum absolute atomic E-state index is 11.4. The van der Waals surface area contributed by atoms with Crippen molar-refractivity contribution in [3.63, 3.8) is 0 Å². The van der Waals surface area contributed by atoms with Crippen LogP contribution in [0.5, 0.6) is 0 Å². The van der Waals surface area contributed by atoms with Crippen LogP contribution in [0.4, 0.5) is 0 Å². The van der Waals surface area contributed by atoms with Crippen molar-refractivity contribution < 1.29 is 9.90 Å². The third-order valence-corrected chi connectivity index (χ3v) is 3.76. The number of carboxylic acids is 1. The van der Waals surface area contributed by atoms with E-state index in [1.807, 2.05) is 24.3 Å². The highest BCUT2D eigenvalue weighted by atomic mass is 16.4.